The quantitative estimate of drug-likeness (QED) is 0.863. The molecule has 1 N–H and O–H groups in total. The molecule has 0 bridgehead atoms. The maximum Gasteiger partial charge on any atom is 0.271 e. The molecule has 2 heterocycles. The van der Waals surface area contributed by atoms with Crippen LogP contribution in [0.4, 0.5) is 0 Å². The highest BCUT2D eigenvalue weighted by Gasteiger charge is 2.26. The van der Waals surface area contributed by atoms with Gasteiger partial charge in [-0.25, -0.2) is 4.98 Å². The van der Waals surface area contributed by atoms with Crippen molar-refractivity contribution < 1.29 is 4.79 Å². The van der Waals surface area contributed by atoms with Gasteiger partial charge in [0, 0.05) is 23.3 Å². The Labute approximate surface area is 128 Å². The predicted octanol–water partition coefficient (Wildman–Crippen LogP) is 3.13. The van der Waals surface area contributed by atoms with Gasteiger partial charge in [0.05, 0.1) is 0 Å². The van der Waals surface area contributed by atoms with E-state index in [9.17, 15) is 4.79 Å². The predicted molar refractivity (Wildman–Crippen MR) is 85.0 cm³/mol. The zero-order chi connectivity index (χ0) is 15.3. The minimum Gasteiger partial charge on any atom is -0.334 e. The van der Waals surface area contributed by atoms with Crippen molar-refractivity contribution in [2.24, 2.45) is 0 Å². The van der Waals surface area contributed by atoms with Crippen LogP contribution in [0.25, 0.3) is 10.6 Å². The highest BCUT2D eigenvalue weighted by molar-refractivity contribution is 7.13. The van der Waals surface area contributed by atoms with Gasteiger partial charge in [-0.3, -0.25) is 9.78 Å². The van der Waals surface area contributed by atoms with Crippen molar-refractivity contribution in [1.29, 1.82) is 0 Å². The van der Waals surface area contributed by atoms with E-state index in [0.29, 0.717) is 18.5 Å². The van der Waals surface area contributed by atoms with Crippen molar-refractivity contribution in [3.05, 3.63) is 35.6 Å². The molecule has 0 aliphatic carbocycles. The number of pyridine rings is 1. The molecule has 2 aromatic rings. The molecule has 0 aliphatic rings. The third kappa shape index (κ3) is 3.29. The molecule has 0 spiro atoms. The Kier molecular flexibility index (Phi) is 4.71. The fraction of sp³-hybridized carbons (Fsp3) is 0.312. The van der Waals surface area contributed by atoms with Crippen molar-refractivity contribution in [2.45, 2.75) is 32.2 Å². The topological polar surface area (TPSA) is 54.9 Å². The first-order valence-electron chi connectivity index (χ1n) is 6.80. The number of nitrogens with zero attached hydrogens (tertiary/aromatic N) is 2. The molecule has 0 fully saturated rings. The molecule has 0 atom stereocenters. The summed E-state index contributed by atoms with van der Waals surface area (Å²) in [5, 5.41) is 5.43. The highest BCUT2D eigenvalue weighted by atomic mass is 32.1. The van der Waals surface area contributed by atoms with E-state index < -0.39 is 5.54 Å². The number of carbonyl (C=O) groups is 1. The van der Waals surface area contributed by atoms with Crippen molar-refractivity contribution in [3.8, 4) is 22.9 Å². The van der Waals surface area contributed by atoms with Gasteiger partial charge in [-0.2, -0.15) is 0 Å². The molecule has 0 aliphatic heterocycles. The first-order valence-corrected chi connectivity index (χ1v) is 7.68. The summed E-state index contributed by atoms with van der Waals surface area (Å²) in [7, 11) is 0. The summed E-state index contributed by atoms with van der Waals surface area (Å²) < 4.78 is 0. The molecule has 2 aromatic heterocycles. The summed E-state index contributed by atoms with van der Waals surface area (Å²) in [6.07, 6.45) is 10.4. The lowest BCUT2D eigenvalue weighted by Gasteiger charge is -2.26. The molecular formula is C16H17N3OS. The van der Waals surface area contributed by atoms with Gasteiger partial charge in [-0.1, -0.05) is 19.8 Å². The van der Waals surface area contributed by atoms with Crippen LogP contribution in [0.5, 0.6) is 0 Å². The van der Waals surface area contributed by atoms with Crippen LogP contribution in [-0.4, -0.2) is 21.4 Å². The molecule has 0 saturated carbocycles. The van der Waals surface area contributed by atoms with Crippen LogP contribution in [-0.2, 0) is 0 Å². The minimum absolute atomic E-state index is 0.233. The SMILES string of the molecule is C#CC(CC)(CC)NC(=O)c1csc(-c2cccnc2)n1. The van der Waals surface area contributed by atoms with Gasteiger partial charge in [0.2, 0.25) is 0 Å². The number of amides is 1. The van der Waals surface area contributed by atoms with Gasteiger partial charge in [0.1, 0.15) is 16.2 Å². The third-order valence-corrected chi connectivity index (χ3v) is 4.37. The van der Waals surface area contributed by atoms with E-state index in [4.69, 9.17) is 6.42 Å². The van der Waals surface area contributed by atoms with Crippen LogP contribution in [0.3, 0.4) is 0 Å². The van der Waals surface area contributed by atoms with Crippen molar-refractivity contribution in [2.75, 3.05) is 0 Å². The summed E-state index contributed by atoms with van der Waals surface area (Å²) in [6.45, 7) is 3.93. The highest BCUT2D eigenvalue weighted by Crippen LogP contribution is 2.23. The lowest BCUT2D eigenvalue weighted by atomic mass is 9.94. The van der Waals surface area contributed by atoms with Crippen LogP contribution < -0.4 is 5.32 Å². The van der Waals surface area contributed by atoms with E-state index in [1.54, 1.807) is 17.8 Å². The summed E-state index contributed by atoms with van der Waals surface area (Å²) in [4.78, 5) is 20.7. The number of thiazole rings is 1. The number of hydrogen-bond donors (Lipinski definition) is 1. The largest absolute Gasteiger partial charge is 0.334 e. The van der Waals surface area contributed by atoms with E-state index in [0.717, 1.165) is 10.6 Å². The maximum absolute atomic E-state index is 12.3. The smallest absolute Gasteiger partial charge is 0.271 e. The van der Waals surface area contributed by atoms with Gasteiger partial charge in [0.15, 0.2) is 0 Å². The molecule has 0 radical (unpaired) electrons. The fourth-order valence-electron chi connectivity index (χ4n) is 1.95. The van der Waals surface area contributed by atoms with Crippen molar-refractivity contribution in [1.82, 2.24) is 15.3 Å². The molecule has 5 heteroatoms. The lowest BCUT2D eigenvalue weighted by Crippen LogP contribution is -2.46. The average Bonchev–Trinajstić information content (AvgIpc) is 3.04. The fourth-order valence-corrected chi connectivity index (χ4v) is 2.74. The summed E-state index contributed by atoms with van der Waals surface area (Å²) >= 11 is 1.42. The van der Waals surface area contributed by atoms with E-state index in [1.165, 1.54) is 11.3 Å². The number of terminal acetylenes is 1. The Bertz CT molecular complexity index is 654. The van der Waals surface area contributed by atoms with Gasteiger partial charge in [-0.05, 0) is 25.0 Å². The lowest BCUT2D eigenvalue weighted by molar-refractivity contribution is 0.0912. The number of hydrogen-bond acceptors (Lipinski definition) is 4. The molecule has 21 heavy (non-hydrogen) atoms. The Balaban J connectivity index is 2.19. The van der Waals surface area contributed by atoms with Crippen LogP contribution in [0.15, 0.2) is 29.9 Å². The average molecular weight is 299 g/mol. The number of aromatic nitrogens is 2. The molecule has 4 nitrogen and oxygen atoms in total. The Morgan fingerprint density at radius 3 is 2.81 bits per heavy atom. The zero-order valence-electron chi connectivity index (χ0n) is 12.1. The molecule has 1 amide bonds. The van der Waals surface area contributed by atoms with Crippen LogP contribution >= 0.6 is 11.3 Å². The molecule has 0 aromatic carbocycles. The van der Waals surface area contributed by atoms with E-state index in [1.807, 2.05) is 26.0 Å². The van der Waals surface area contributed by atoms with Gasteiger partial charge in [-0.15, -0.1) is 17.8 Å². The monoisotopic (exact) mass is 299 g/mol. The summed E-state index contributed by atoms with van der Waals surface area (Å²) in [5.41, 5.74) is 0.686. The van der Waals surface area contributed by atoms with Gasteiger partial charge < -0.3 is 5.32 Å². The van der Waals surface area contributed by atoms with Crippen molar-refractivity contribution in [3.63, 3.8) is 0 Å². The van der Waals surface area contributed by atoms with E-state index in [2.05, 4.69) is 21.2 Å². The normalized spacial score (nSPS) is 10.9. The Hall–Kier alpha value is -2.19. The molecule has 0 saturated heterocycles. The summed E-state index contributed by atoms with van der Waals surface area (Å²) in [6, 6.07) is 3.76. The standard InChI is InChI=1S/C16H17N3OS/c1-4-16(5-2,6-3)19-14(20)13-11-21-15(18-13)12-8-7-9-17-10-12/h1,7-11H,5-6H2,2-3H3,(H,19,20). The summed E-state index contributed by atoms with van der Waals surface area (Å²) in [5.74, 6) is 2.45. The number of carbonyl (C=O) groups excluding carboxylic acids is 1. The second kappa shape index (κ2) is 6.51. The van der Waals surface area contributed by atoms with Gasteiger partial charge in [0.25, 0.3) is 5.91 Å². The number of rotatable bonds is 5. The van der Waals surface area contributed by atoms with Crippen LogP contribution in [0, 0.1) is 12.3 Å². The van der Waals surface area contributed by atoms with E-state index >= 15 is 0 Å². The first kappa shape index (κ1) is 15.2. The minimum atomic E-state index is -0.602. The molecule has 2 rings (SSSR count). The molecule has 108 valence electrons. The number of nitrogens with one attached hydrogen (secondary N) is 1. The molecular weight excluding hydrogens is 282 g/mol. The van der Waals surface area contributed by atoms with Gasteiger partial charge >= 0.3 is 0 Å². The Morgan fingerprint density at radius 2 is 2.24 bits per heavy atom. The first-order chi connectivity index (χ1) is 10.1. The second-order valence-electron chi connectivity index (χ2n) is 4.67. The third-order valence-electron chi connectivity index (χ3n) is 3.48. The zero-order valence-corrected chi connectivity index (χ0v) is 12.9. The van der Waals surface area contributed by atoms with Crippen LogP contribution in [0.2, 0.25) is 0 Å². The molecule has 0 unspecified atom stereocenters. The Morgan fingerprint density at radius 1 is 1.48 bits per heavy atom. The maximum atomic E-state index is 12.3. The van der Waals surface area contributed by atoms with E-state index in [-0.39, 0.29) is 5.91 Å². The van der Waals surface area contributed by atoms with Crippen LogP contribution in [0.1, 0.15) is 37.2 Å². The second-order valence-corrected chi connectivity index (χ2v) is 5.53. The van der Waals surface area contributed by atoms with Crippen molar-refractivity contribution >= 4 is 17.2 Å².